The van der Waals surface area contributed by atoms with Gasteiger partial charge in [0, 0.05) is 17.4 Å². The molecule has 2 heterocycles. The van der Waals surface area contributed by atoms with Gasteiger partial charge in [0.2, 0.25) is 5.89 Å². The summed E-state index contributed by atoms with van der Waals surface area (Å²) in [5, 5.41) is 7.84. The quantitative estimate of drug-likeness (QED) is 0.480. The van der Waals surface area contributed by atoms with Crippen molar-refractivity contribution in [1.82, 2.24) is 15.2 Å². The van der Waals surface area contributed by atoms with Gasteiger partial charge in [-0.3, -0.25) is 4.72 Å². The molecule has 2 aromatic heterocycles. The Bertz CT molecular complexity index is 1260. The summed E-state index contributed by atoms with van der Waals surface area (Å²) < 4.78 is 70.8. The monoisotopic (exact) mass is 434 g/mol. The lowest BCUT2D eigenvalue weighted by atomic mass is 10.2. The van der Waals surface area contributed by atoms with E-state index in [0.29, 0.717) is 5.56 Å². The van der Waals surface area contributed by atoms with Crippen molar-refractivity contribution in [3.63, 3.8) is 0 Å². The van der Waals surface area contributed by atoms with Crippen LogP contribution in [0.1, 0.15) is 5.56 Å². The molecule has 0 unspecified atom stereocenters. The minimum absolute atomic E-state index is 0.00472. The number of alkyl halides is 3. The standard InChI is InChI=1S/C19H13F3N4O3S/c20-19(21,22)13-6-8-14(9-7-13)26-30(27,28)15-10-16(23-11-15)18-25-24-17(29-18)12-4-2-1-3-5-12/h1-11,23,26H. The van der Waals surface area contributed by atoms with Gasteiger partial charge in [0.25, 0.3) is 15.9 Å². The second kappa shape index (κ2) is 7.34. The third-order valence-electron chi connectivity index (χ3n) is 4.11. The van der Waals surface area contributed by atoms with Crippen molar-refractivity contribution in [2.24, 2.45) is 0 Å². The third kappa shape index (κ3) is 4.06. The summed E-state index contributed by atoms with van der Waals surface area (Å²) in [4.78, 5) is 2.60. The summed E-state index contributed by atoms with van der Waals surface area (Å²) in [6, 6.07) is 14.0. The number of aromatic nitrogens is 3. The number of aromatic amines is 1. The molecule has 0 spiro atoms. The average molecular weight is 434 g/mol. The minimum Gasteiger partial charge on any atom is -0.415 e. The molecule has 0 atom stereocenters. The molecule has 0 amide bonds. The molecule has 0 bridgehead atoms. The number of H-pyrrole nitrogens is 1. The van der Waals surface area contributed by atoms with Crippen LogP contribution in [0.5, 0.6) is 0 Å². The van der Waals surface area contributed by atoms with Gasteiger partial charge in [-0.1, -0.05) is 18.2 Å². The fourth-order valence-corrected chi connectivity index (χ4v) is 3.68. The van der Waals surface area contributed by atoms with Crippen LogP contribution in [-0.2, 0) is 16.2 Å². The Balaban J connectivity index is 1.54. The minimum atomic E-state index is -4.50. The molecular formula is C19H13F3N4O3S. The predicted molar refractivity (Wildman–Crippen MR) is 102 cm³/mol. The largest absolute Gasteiger partial charge is 0.416 e. The molecule has 2 N–H and O–H groups in total. The van der Waals surface area contributed by atoms with Gasteiger partial charge in [-0.25, -0.2) is 8.42 Å². The first kappa shape index (κ1) is 19.7. The fraction of sp³-hybridized carbons (Fsp3) is 0.0526. The summed E-state index contributed by atoms with van der Waals surface area (Å²) >= 11 is 0. The molecule has 0 saturated carbocycles. The van der Waals surface area contributed by atoms with Crippen molar-refractivity contribution >= 4 is 15.7 Å². The van der Waals surface area contributed by atoms with Crippen LogP contribution in [0.15, 0.2) is 76.2 Å². The average Bonchev–Trinajstić information content (AvgIpc) is 3.38. The number of hydrogen-bond donors (Lipinski definition) is 2. The first-order valence-electron chi connectivity index (χ1n) is 8.50. The molecule has 7 nitrogen and oxygen atoms in total. The van der Waals surface area contributed by atoms with E-state index >= 15 is 0 Å². The number of sulfonamides is 1. The van der Waals surface area contributed by atoms with Crippen LogP contribution in [0.25, 0.3) is 23.0 Å². The van der Waals surface area contributed by atoms with Gasteiger partial charge in [-0.05, 0) is 42.5 Å². The van der Waals surface area contributed by atoms with E-state index in [2.05, 4.69) is 19.9 Å². The molecular weight excluding hydrogens is 421 g/mol. The molecule has 11 heteroatoms. The Kier molecular flexibility index (Phi) is 4.82. The van der Waals surface area contributed by atoms with E-state index in [1.165, 1.54) is 12.3 Å². The highest BCUT2D eigenvalue weighted by Crippen LogP contribution is 2.30. The number of rotatable bonds is 5. The zero-order valence-corrected chi connectivity index (χ0v) is 15.8. The lowest BCUT2D eigenvalue weighted by Gasteiger charge is -2.09. The van der Waals surface area contributed by atoms with Crippen LogP contribution < -0.4 is 4.72 Å². The summed E-state index contributed by atoms with van der Waals surface area (Å²) in [5.74, 6) is 0.359. The van der Waals surface area contributed by atoms with Crippen molar-refractivity contribution in [3.8, 4) is 23.0 Å². The molecule has 0 aliphatic heterocycles. The van der Waals surface area contributed by atoms with Gasteiger partial charge in [0.05, 0.1) is 5.56 Å². The molecule has 0 aliphatic carbocycles. The van der Waals surface area contributed by atoms with E-state index in [4.69, 9.17) is 4.42 Å². The normalized spacial score (nSPS) is 12.1. The maximum absolute atomic E-state index is 12.6. The topological polar surface area (TPSA) is 101 Å². The van der Waals surface area contributed by atoms with E-state index in [-0.39, 0.29) is 28.1 Å². The molecule has 30 heavy (non-hydrogen) atoms. The van der Waals surface area contributed by atoms with Crippen LogP contribution in [0.4, 0.5) is 18.9 Å². The summed E-state index contributed by atoms with van der Waals surface area (Å²) in [6.07, 6.45) is -3.29. The summed E-state index contributed by atoms with van der Waals surface area (Å²) in [6.45, 7) is 0. The molecule has 0 radical (unpaired) electrons. The predicted octanol–water partition coefficient (Wildman–Crippen LogP) is 4.55. The SMILES string of the molecule is O=S(=O)(Nc1ccc(C(F)(F)F)cc1)c1c[nH]c(-c2nnc(-c3ccccc3)o2)c1. The lowest BCUT2D eigenvalue weighted by Crippen LogP contribution is -2.12. The van der Waals surface area contributed by atoms with Gasteiger partial charge in [-0.15, -0.1) is 10.2 Å². The van der Waals surface area contributed by atoms with Crippen LogP contribution >= 0.6 is 0 Å². The summed E-state index contributed by atoms with van der Waals surface area (Å²) in [7, 11) is -4.05. The number of nitrogens with one attached hydrogen (secondary N) is 2. The number of halogens is 3. The van der Waals surface area contributed by atoms with Crippen molar-refractivity contribution < 1.29 is 26.0 Å². The highest BCUT2D eigenvalue weighted by Gasteiger charge is 2.30. The van der Waals surface area contributed by atoms with Gasteiger partial charge in [-0.2, -0.15) is 13.2 Å². The van der Waals surface area contributed by atoms with Crippen LogP contribution in [0, 0.1) is 0 Å². The Labute approximate surface area is 168 Å². The fourth-order valence-electron chi connectivity index (χ4n) is 2.62. The van der Waals surface area contributed by atoms with Gasteiger partial charge in [0.1, 0.15) is 10.6 Å². The molecule has 0 saturated heterocycles. The molecule has 0 fully saturated rings. The number of benzene rings is 2. The maximum atomic E-state index is 12.6. The van der Waals surface area contributed by atoms with E-state index < -0.39 is 21.8 Å². The Morgan fingerprint density at radius 2 is 1.60 bits per heavy atom. The molecule has 0 aliphatic rings. The van der Waals surface area contributed by atoms with E-state index in [0.717, 1.165) is 24.3 Å². The van der Waals surface area contributed by atoms with Crippen LogP contribution in [0.3, 0.4) is 0 Å². The molecule has 4 rings (SSSR count). The first-order chi connectivity index (χ1) is 14.2. The summed E-state index contributed by atoms with van der Waals surface area (Å²) in [5.41, 5.74) is 0.104. The smallest absolute Gasteiger partial charge is 0.415 e. The zero-order valence-electron chi connectivity index (χ0n) is 15.0. The second-order valence-electron chi connectivity index (χ2n) is 6.21. The highest BCUT2D eigenvalue weighted by atomic mass is 32.2. The lowest BCUT2D eigenvalue weighted by molar-refractivity contribution is -0.137. The van der Waals surface area contributed by atoms with Crippen molar-refractivity contribution in [1.29, 1.82) is 0 Å². The number of nitrogens with zero attached hydrogens (tertiary/aromatic N) is 2. The van der Waals surface area contributed by atoms with Crippen LogP contribution in [-0.4, -0.2) is 23.6 Å². The van der Waals surface area contributed by atoms with Gasteiger partial charge >= 0.3 is 6.18 Å². The van der Waals surface area contributed by atoms with Crippen molar-refractivity contribution in [2.75, 3.05) is 4.72 Å². The van der Waals surface area contributed by atoms with Crippen molar-refractivity contribution in [2.45, 2.75) is 11.1 Å². The number of anilines is 1. The Hall–Kier alpha value is -3.60. The second-order valence-corrected chi connectivity index (χ2v) is 7.89. The highest BCUT2D eigenvalue weighted by molar-refractivity contribution is 7.92. The molecule has 2 aromatic carbocycles. The van der Waals surface area contributed by atoms with Gasteiger partial charge < -0.3 is 9.40 Å². The molecule has 154 valence electrons. The van der Waals surface area contributed by atoms with E-state index in [9.17, 15) is 21.6 Å². The van der Waals surface area contributed by atoms with Crippen molar-refractivity contribution in [3.05, 3.63) is 72.4 Å². The maximum Gasteiger partial charge on any atom is 0.416 e. The Morgan fingerprint density at radius 1 is 0.933 bits per heavy atom. The zero-order chi connectivity index (χ0) is 21.4. The third-order valence-corrected chi connectivity index (χ3v) is 5.47. The van der Waals surface area contributed by atoms with E-state index in [1.54, 1.807) is 12.1 Å². The van der Waals surface area contributed by atoms with E-state index in [1.807, 2.05) is 18.2 Å². The van der Waals surface area contributed by atoms with Crippen LogP contribution in [0.2, 0.25) is 0 Å². The first-order valence-corrected chi connectivity index (χ1v) is 9.98. The number of hydrogen-bond acceptors (Lipinski definition) is 5. The molecule has 4 aromatic rings. The Morgan fingerprint density at radius 3 is 2.27 bits per heavy atom. The van der Waals surface area contributed by atoms with Gasteiger partial charge in [0.15, 0.2) is 0 Å².